The highest BCUT2D eigenvalue weighted by atomic mass is 32.2. The first-order chi connectivity index (χ1) is 5.29. The molecule has 0 bridgehead atoms. The average Bonchev–Trinajstić information content (AvgIpc) is 2.04. The predicted octanol–water partition coefficient (Wildman–Crippen LogP) is 3.11. The Balaban J connectivity index is 3.13. The summed E-state index contributed by atoms with van der Waals surface area (Å²) in [4.78, 5) is 1.05. The van der Waals surface area contributed by atoms with E-state index in [-0.39, 0.29) is 5.82 Å². The quantitative estimate of drug-likeness (QED) is 0.614. The van der Waals surface area contributed by atoms with Gasteiger partial charge in [0.1, 0.15) is 5.82 Å². The lowest BCUT2D eigenvalue weighted by Crippen LogP contribution is -1.89. The maximum absolute atomic E-state index is 13.0. The summed E-state index contributed by atoms with van der Waals surface area (Å²) in [5, 5.41) is 0. The minimum Gasteiger partial charge on any atom is -0.207 e. The van der Waals surface area contributed by atoms with Crippen molar-refractivity contribution in [1.82, 2.24) is 0 Å². The standard InChI is InChI=1S/C9H11FS/c1-3-7-8(10)5-4-6-9(7)11-2/h4-6H,3H2,1-2H3. The van der Waals surface area contributed by atoms with Crippen LogP contribution >= 0.6 is 11.8 Å². The van der Waals surface area contributed by atoms with Crippen LogP contribution in [-0.4, -0.2) is 6.26 Å². The van der Waals surface area contributed by atoms with Crippen molar-refractivity contribution in [3.63, 3.8) is 0 Å². The van der Waals surface area contributed by atoms with Crippen LogP contribution in [0.4, 0.5) is 4.39 Å². The zero-order valence-electron chi connectivity index (χ0n) is 6.73. The van der Waals surface area contributed by atoms with Gasteiger partial charge in [-0.15, -0.1) is 11.8 Å². The first-order valence-electron chi connectivity index (χ1n) is 3.61. The van der Waals surface area contributed by atoms with E-state index in [1.165, 1.54) is 6.07 Å². The van der Waals surface area contributed by atoms with Crippen LogP contribution < -0.4 is 0 Å². The lowest BCUT2D eigenvalue weighted by molar-refractivity contribution is 0.606. The van der Waals surface area contributed by atoms with E-state index in [1.807, 2.05) is 19.2 Å². The molecule has 0 saturated heterocycles. The highest BCUT2D eigenvalue weighted by molar-refractivity contribution is 7.98. The summed E-state index contributed by atoms with van der Waals surface area (Å²) in [6.07, 6.45) is 2.73. The largest absolute Gasteiger partial charge is 0.207 e. The Morgan fingerprint density at radius 2 is 2.18 bits per heavy atom. The summed E-state index contributed by atoms with van der Waals surface area (Å²) < 4.78 is 13.0. The van der Waals surface area contributed by atoms with Crippen molar-refractivity contribution in [2.45, 2.75) is 18.2 Å². The molecular weight excluding hydrogens is 159 g/mol. The third-order valence-electron chi connectivity index (χ3n) is 1.65. The molecule has 1 rings (SSSR count). The molecule has 0 spiro atoms. The monoisotopic (exact) mass is 170 g/mol. The number of hydrogen-bond donors (Lipinski definition) is 0. The highest BCUT2D eigenvalue weighted by Crippen LogP contribution is 2.22. The molecule has 0 aliphatic rings. The number of benzene rings is 1. The SMILES string of the molecule is CCc1c(F)cccc1SC. The lowest BCUT2D eigenvalue weighted by Gasteiger charge is -2.04. The second kappa shape index (κ2) is 3.77. The summed E-state index contributed by atoms with van der Waals surface area (Å²) in [5.41, 5.74) is 0.833. The van der Waals surface area contributed by atoms with Crippen molar-refractivity contribution < 1.29 is 4.39 Å². The Morgan fingerprint density at radius 1 is 1.45 bits per heavy atom. The molecule has 0 aromatic heterocycles. The van der Waals surface area contributed by atoms with Crippen LogP contribution in [0, 0.1) is 5.82 Å². The van der Waals surface area contributed by atoms with Crippen LogP contribution in [0.25, 0.3) is 0 Å². The molecule has 0 aliphatic carbocycles. The minimum absolute atomic E-state index is 0.0839. The van der Waals surface area contributed by atoms with E-state index in [0.717, 1.165) is 16.9 Å². The zero-order valence-corrected chi connectivity index (χ0v) is 7.54. The van der Waals surface area contributed by atoms with Crippen LogP contribution in [0.3, 0.4) is 0 Å². The Kier molecular flexibility index (Phi) is 2.94. The Morgan fingerprint density at radius 3 is 2.64 bits per heavy atom. The maximum atomic E-state index is 13.0. The van der Waals surface area contributed by atoms with Crippen molar-refractivity contribution >= 4 is 11.8 Å². The molecule has 0 saturated carbocycles. The molecule has 0 unspecified atom stereocenters. The fraction of sp³-hybridized carbons (Fsp3) is 0.333. The van der Waals surface area contributed by atoms with E-state index in [9.17, 15) is 4.39 Å². The van der Waals surface area contributed by atoms with Crippen molar-refractivity contribution in [2.24, 2.45) is 0 Å². The Bertz CT molecular complexity index is 245. The molecule has 1 aromatic carbocycles. The number of halogens is 1. The molecule has 0 fully saturated rings. The van der Waals surface area contributed by atoms with Gasteiger partial charge in [-0.2, -0.15) is 0 Å². The van der Waals surface area contributed by atoms with E-state index in [0.29, 0.717) is 0 Å². The summed E-state index contributed by atoms with van der Waals surface area (Å²) in [6, 6.07) is 5.21. The van der Waals surface area contributed by atoms with Crippen LogP contribution in [0.15, 0.2) is 23.1 Å². The second-order valence-corrected chi connectivity index (χ2v) is 3.12. The Labute approximate surface area is 70.8 Å². The fourth-order valence-corrected chi connectivity index (χ4v) is 1.78. The summed E-state index contributed by atoms with van der Waals surface area (Å²) in [6.45, 7) is 1.97. The molecule has 0 aliphatic heterocycles. The van der Waals surface area contributed by atoms with Gasteiger partial charge in [0.05, 0.1) is 0 Å². The van der Waals surface area contributed by atoms with E-state index in [2.05, 4.69) is 0 Å². The highest BCUT2D eigenvalue weighted by Gasteiger charge is 2.03. The van der Waals surface area contributed by atoms with Gasteiger partial charge in [-0.25, -0.2) is 4.39 Å². The lowest BCUT2D eigenvalue weighted by atomic mass is 10.1. The molecule has 0 heterocycles. The summed E-state index contributed by atoms with van der Waals surface area (Å²) in [5.74, 6) is -0.0839. The van der Waals surface area contributed by atoms with Gasteiger partial charge in [0.15, 0.2) is 0 Å². The van der Waals surface area contributed by atoms with Gasteiger partial charge in [0.25, 0.3) is 0 Å². The number of rotatable bonds is 2. The predicted molar refractivity (Wildman–Crippen MR) is 47.6 cm³/mol. The van der Waals surface area contributed by atoms with Gasteiger partial charge in [-0.05, 0) is 24.8 Å². The molecule has 1 aromatic rings. The molecule has 0 amide bonds. The van der Waals surface area contributed by atoms with Crippen LogP contribution in [0.2, 0.25) is 0 Å². The molecule has 11 heavy (non-hydrogen) atoms. The van der Waals surface area contributed by atoms with Crippen molar-refractivity contribution in [3.8, 4) is 0 Å². The maximum Gasteiger partial charge on any atom is 0.127 e. The summed E-state index contributed by atoms with van der Waals surface area (Å²) in [7, 11) is 0. The van der Waals surface area contributed by atoms with Gasteiger partial charge in [-0.3, -0.25) is 0 Å². The number of thioether (sulfide) groups is 1. The van der Waals surface area contributed by atoms with Gasteiger partial charge in [0, 0.05) is 10.5 Å². The topological polar surface area (TPSA) is 0 Å². The van der Waals surface area contributed by atoms with E-state index in [1.54, 1.807) is 17.8 Å². The van der Waals surface area contributed by atoms with Gasteiger partial charge in [-0.1, -0.05) is 13.0 Å². The van der Waals surface area contributed by atoms with E-state index >= 15 is 0 Å². The van der Waals surface area contributed by atoms with Crippen molar-refractivity contribution in [1.29, 1.82) is 0 Å². The Hall–Kier alpha value is -0.500. The molecule has 0 atom stereocenters. The zero-order chi connectivity index (χ0) is 8.27. The minimum atomic E-state index is -0.0839. The van der Waals surface area contributed by atoms with Crippen LogP contribution in [0.5, 0.6) is 0 Å². The second-order valence-electron chi connectivity index (χ2n) is 2.27. The van der Waals surface area contributed by atoms with Crippen LogP contribution in [-0.2, 0) is 6.42 Å². The van der Waals surface area contributed by atoms with Gasteiger partial charge >= 0.3 is 0 Å². The molecule has 2 heteroatoms. The molecule has 0 nitrogen and oxygen atoms in total. The normalized spacial score (nSPS) is 10.1. The third kappa shape index (κ3) is 1.74. The van der Waals surface area contributed by atoms with E-state index < -0.39 is 0 Å². The molecule has 0 radical (unpaired) electrons. The fourth-order valence-electron chi connectivity index (χ4n) is 1.07. The van der Waals surface area contributed by atoms with E-state index in [4.69, 9.17) is 0 Å². The molecular formula is C9H11FS. The summed E-state index contributed by atoms with van der Waals surface area (Å²) >= 11 is 1.59. The first kappa shape index (κ1) is 8.60. The van der Waals surface area contributed by atoms with Gasteiger partial charge < -0.3 is 0 Å². The molecule has 60 valence electrons. The average molecular weight is 170 g/mol. The van der Waals surface area contributed by atoms with Gasteiger partial charge in [0.2, 0.25) is 0 Å². The first-order valence-corrected chi connectivity index (χ1v) is 4.83. The van der Waals surface area contributed by atoms with Crippen molar-refractivity contribution in [2.75, 3.05) is 6.26 Å². The van der Waals surface area contributed by atoms with Crippen LogP contribution in [0.1, 0.15) is 12.5 Å². The molecule has 0 N–H and O–H groups in total. The van der Waals surface area contributed by atoms with Crippen molar-refractivity contribution in [3.05, 3.63) is 29.6 Å². The number of hydrogen-bond acceptors (Lipinski definition) is 1. The smallest absolute Gasteiger partial charge is 0.127 e. The third-order valence-corrected chi connectivity index (χ3v) is 2.47.